The molecule has 3 N–H and O–H groups in total. The first-order valence-corrected chi connectivity index (χ1v) is 6.37. The van der Waals surface area contributed by atoms with E-state index >= 15 is 0 Å². The van der Waals surface area contributed by atoms with E-state index in [0.29, 0.717) is 16.4 Å². The quantitative estimate of drug-likeness (QED) is 0.689. The van der Waals surface area contributed by atoms with Crippen LogP contribution in [0.3, 0.4) is 0 Å². The summed E-state index contributed by atoms with van der Waals surface area (Å²) in [6.45, 7) is 0. The Labute approximate surface area is 120 Å². The molecule has 0 spiro atoms. The normalized spacial score (nSPS) is 10.7. The lowest BCUT2D eigenvalue weighted by atomic mass is 10.1. The van der Waals surface area contributed by atoms with Crippen LogP contribution in [0.4, 0.5) is 21.5 Å². The van der Waals surface area contributed by atoms with Crippen molar-refractivity contribution in [3.63, 3.8) is 0 Å². The van der Waals surface area contributed by atoms with Crippen LogP contribution in [0, 0.1) is 5.82 Å². The summed E-state index contributed by atoms with van der Waals surface area (Å²) in [7, 11) is 0. The Bertz CT molecular complexity index is 789. The van der Waals surface area contributed by atoms with Crippen LogP contribution < -0.4 is 11.1 Å². The van der Waals surface area contributed by atoms with Gasteiger partial charge in [0.1, 0.15) is 5.82 Å². The summed E-state index contributed by atoms with van der Waals surface area (Å²) < 4.78 is 13.3. The molecule has 0 fully saturated rings. The highest BCUT2D eigenvalue weighted by Crippen LogP contribution is 2.30. The van der Waals surface area contributed by atoms with Crippen LogP contribution in [0.5, 0.6) is 0 Å². The van der Waals surface area contributed by atoms with Crippen molar-refractivity contribution in [2.75, 3.05) is 11.1 Å². The maximum absolute atomic E-state index is 13.3. The number of hydrogen-bond acceptors (Lipinski definition) is 3. The predicted octanol–water partition coefficient (Wildman–Crippen LogP) is 4.35. The smallest absolute Gasteiger partial charge is 0.125 e. The molecule has 0 atom stereocenters. The fourth-order valence-electron chi connectivity index (χ4n) is 2.01. The number of nitrogen functional groups attached to an aromatic ring is 1. The Morgan fingerprint density at radius 1 is 1.05 bits per heavy atom. The van der Waals surface area contributed by atoms with Crippen molar-refractivity contribution in [1.29, 1.82) is 0 Å². The maximum atomic E-state index is 13.3. The molecular formula is C15H11ClFN3. The van der Waals surface area contributed by atoms with Crippen LogP contribution in [0.25, 0.3) is 10.9 Å². The van der Waals surface area contributed by atoms with E-state index in [1.165, 1.54) is 18.2 Å². The van der Waals surface area contributed by atoms with E-state index in [9.17, 15) is 4.39 Å². The van der Waals surface area contributed by atoms with Crippen molar-refractivity contribution in [3.05, 3.63) is 59.5 Å². The Kier molecular flexibility index (Phi) is 3.16. The van der Waals surface area contributed by atoms with Crippen molar-refractivity contribution < 1.29 is 4.39 Å². The van der Waals surface area contributed by atoms with Gasteiger partial charge in [-0.1, -0.05) is 11.6 Å². The molecule has 100 valence electrons. The van der Waals surface area contributed by atoms with Gasteiger partial charge in [0.05, 0.1) is 16.2 Å². The van der Waals surface area contributed by atoms with Gasteiger partial charge in [-0.2, -0.15) is 0 Å². The number of rotatable bonds is 2. The van der Waals surface area contributed by atoms with Crippen LogP contribution in [0.1, 0.15) is 0 Å². The number of nitrogens with zero attached hydrogens (tertiary/aromatic N) is 1. The number of fused-ring (bicyclic) bond motifs is 1. The van der Waals surface area contributed by atoms with E-state index in [1.54, 1.807) is 24.4 Å². The largest absolute Gasteiger partial charge is 0.399 e. The zero-order valence-corrected chi connectivity index (χ0v) is 11.2. The average molecular weight is 288 g/mol. The van der Waals surface area contributed by atoms with Crippen molar-refractivity contribution in [3.8, 4) is 0 Å². The summed E-state index contributed by atoms with van der Waals surface area (Å²) in [5.41, 5.74) is 8.45. The van der Waals surface area contributed by atoms with E-state index in [0.717, 1.165) is 16.6 Å². The second-order valence-electron chi connectivity index (χ2n) is 4.38. The van der Waals surface area contributed by atoms with Gasteiger partial charge in [-0.05, 0) is 42.5 Å². The monoisotopic (exact) mass is 287 g/mol. The molecule has 1 heterocycles. The molecule has 0 radical (unpaired) electrons. The third-order valence-electron chi connectivity index (χ3n) is 2.96. The van der Waals surface area contributed by atoms with E-state index in [4.69, 9.17) is 17.3 Å². The van der Waals surface area contributed by atoms with E-state index in [-0.39, 0.29) is 5.82 Å². The first kappa shape index (κ1) is 12.7. The average Bonchev–Trinajstić information content (AvgIpc) is 2.43. The molecule has 0 amide bonds. The van der Waals surface area contributed by atoms with Crippen LogP contribution in [-0.4, -0.2) is 4.98 Å². The lowest BCUT2D eigenvalue weighted by Gasteiger charge is -2.11. The fraction of sp³-hybridized carbons (Fsp3) is 0. The van der Waals surface area contributed by atoms with Crippen molar-refractivity contribution in [2.45, 2.75) is 0 Å². The molecule has 20 heavy (non-hydrogen) atoms. The minimum atomic E-state index is -0.348. The van der Waals surface area contributed by atoms with Gasteiger partial charge in [0, 0.05) is 23.0 Å². The number of halogens is 2. The number of aromatic nitrogens is 1. The molecule has 0 unspecified atom stereocenters. The SMILES string of the molecule is Nc1ccc2c(Nc3cc(F)ccc3Cl)ccnc2c1. The highest BCUT2D eigenvalue weighted by molar-refractivity contribution is 6.33. The number of pyridine rings is 1. The highest BCUT2D eigenvalue weighted by atomic mass is 35.5. The van der Waals surface area contributed by atoms with Gasteiger partial charge in [0.15, 0.2) is 0 Å². The second kappa shape index (κ2) is 4.98. The van der Waals surface area contributed by atoms with Crippen molar-refractivity contribution >= 4 is 39.6 Å². The standard InChI is InChI=1S/C15H11ClFN3/c16-12-4-1-9(17)7-15(12)20-13-5-6-19-14-8-10(18)2-3-11(13)14/h1-8H,18H2,(H,19,20). The molecule has 0 saturated carbocycles. The molecule has 2 aromatic carbocycles. The summed E-state index contributed by atoms with van der Waals surface area (Å²) in [5, 5.41) is 4.46. The fourth-order valence-corrected chi connectivity index (χ4v) is 2.18. The Hall–Kier alpha value is -2.33. The Balaban J connectivity index is 2.09. The molecule has 0 aliphatic heterocycles. The predicted molar refractivity (Wildman–Crippen MR) is 80.8 cm³/mol. The van der Waals surface area contributed by atoms with Gasteiger partial charge in [-0.25, -0.2) is 4.39 Å². The number of nitrogens with two attached hydrogens (primary N) is 1. The van der Waals surface area contributed by atoms with Gasteiger partial charge in [0.25, 0.3) is 0 Å². The molecular weight excluding hydrogens is 277 g/mol. The minimum Gasteiger partial charge on any atom is -0.399 e. The second-order valence-corrected chi connectivity index (χ2v) is 4.79. The molecule has 5 heteroatoms. The molecule has 3 rings (SSSR count). The maximum Gasteiger partial charge on any atom is 0.125 e. The molecule has 0 saturated heterocycles. The number of benzene rings is 2. The Morgan fingerprint density at radius 2 is 1.90 bits per heavy atom. The lowest BCUT2D eigenvalue weighted by molar-refractivity contribution is 0.628. The van der Waals surface area contributed by atoms with Gasteiger partial charge < -0.3 is 11.1 Å². The number of nitrogens with one attached hydrogen (secondary N) is 1. The molecule has 0 aliphatic carbocycles. The van der Waals surface area contributed by atoms with Crippen molar-refractivity contribution in [2.24, 2.45) is 0 Å². The molecule has 1 aromatic heterocycles. The third kappa shape index (κ3) is 2.38. The van der Waals surface area contributed by atoms with Gasteiger partial charge in [-0.3, -0.25) is 4.98 Å². The molecule has 0 bridgehead atoms. The van der Waals surface area contributed by atoms with Crippen molar-refractivity contribution in [1.82, 2.24) is 4.98 Å². The topological polar surface area (TPSA) is 50.9 Å². The van der Waals surface area contributed by atoms with Crippen LogP contribution in [0.15, 0.2) is 48.7 Å². The molecule has 3 aromatic rings. The summed E-state index contributed by atoms with van der Waals surface area (Å²) in [6, 6.07) is 11.4. The van der Waals surface area contributed by atoms with Gasteiger partial charge in [-0.15, -0.1) is 0 Å². The number of hydrogen-bond donors (Lipinski definition) is 2. The Morgan fingerprint density at radius 3 is 2.75 bits per heavy atom. The first-order valence-electron chi connectivity index (χ1n) is 6.00. The lowest BCUT2D eigenvalue weighted by Crippen LogP contribution is -1.95. The summed E-state index contributed by atoms with van der Waals surface area (Å²) in [5.74, 6) is -0.348. The van der Waals surface area contributed by atoms with Gasteiger partial charge >= 0.3 is 0 Å². The van der Waals surface area contributed by atoms with Crippen LogP contribution in [-0.2, 0) is 0 Å². The number of anilines is 3. The van der Waals surface area contributed by atoms with E-state index in [1.807, 2.05) is 6.07 Å². The summed E-state index contributed by atoms with van der Waals surface area (Å²) in [4.78, 5) is 4.26. The summed E-state index contributed by atoms with van der Waals surface area (Å²) >= 11 is 6.06. The highest BCUT2D eigenvalue weighted by Gasteiger charge is 2.06. The molecule has 3 nitrogen and oxygen atoms in total. The van der Waals surface area contributed by atoms with E-state index in [2.05, 4.69) is 10.3 Å². The zero-order chi connectivity index (χ0) is 14.1. The molecule has 0 aliphatic rings. The van der Waals surface area contributed by atoms with E-state index < -0.39 is 0 Å². The first-order chi connectivity index (χ1) is 9.63. The zero-order valence-electron chi connectivity index (χ0n) is 10.4. The third-order valence-corrected chi connectivity index (χ3v) is 3.29. The van der Waals surface area contributed by atoms with Crippen LogP contribution >= 0.6 is 11.6 Å². The van der Waals surface area contributed by atoms with Gasteiger partial charge in [0.2, 0.25) is 0 Å². The minimum absolute atomic E-state index is 0.348. The van der Waals surface area contributed by atoms with Crippen LogP contribution in [0.2, 0.25) is 5.02 Å². The summed E-state index contributed by atoms with van der Waals surface area (Å²) in [6.07, 6.45) is 1.66.